The zero-order valence-corrected chi connectivity index (χ0v) is 11.2. The molecule has 0 aromatic carbocycles. The summed E-state index contributed by atoms with van der Waals surface area (Å²) in [6, 6.07) is 5.02. The predicted octanol–water partition coefficient (Wildman–Crippen LogP) is 2.36. The van der Waals surface area contributed by atoms with Gasteiger partial charge in [0, 0.05) is 25.3 Å². The van der Waals surface area contributed by atoms with E-state index in [1.54, 1.807) is 0 Å². The average Bonchev–Trinajstić information content (AvgIpc) is 3.22. The Balaban J connectivity index is 1.51. The Morgan fingerprint density at radius 3 is 2.72 bits per heavy atom. The molecule has 1 saturated carbocycles. The number of nitrogens with one attached hydrogen (secondary N) is 1. The molecule has 0 bridgehead atoms. The van der Waals surface area contributed by atoms with Gasteiger partial charge < -0.3 is 10.2 Å². The average molecular weight is 245 g/mol. The van der Waals surface area contributed by atoms with E-state index in [-0.39, 0.29) is 0 Å². The van der Waals surface area contributed by atoms with Crippen LogP contribution in [0, 0.1) is 12.8 Å². The van der Waals surface area contributed by atoms with Gasteiger partial charge in [-0.3, -0.25) is 0 Å². The van der Waals surface area contributed by atoms with Crippen LogP contribution in [0.2, 0.25) is 0 Å². The van der Waals surface area contributed by atoms with Gasteiger partial charge in [0.05, 0.1) is 0 Å². The zero-order chi connectivity index (χ0) is 12.4. The van der Waals surface area contributed by atoms with Crippen molar-refractivity contribution in [1.82, 2.24) is 10.3 Å². The highest BCUT2D eigenvalue weighted by Crippen LogP contribution is 2.25. The molecule has 3 nitrogen and oxygen atoms in total. The zero-order valence-electron chi connectivity index (χ0n) is 11.2. The molecule has 0 unspecified atom stereocenters. The minimum absolute atomic E-state index is 0.848. The van der Waals surface area contributed by atoms with Crippen molar-refractivity contribution in [3.63, 3.8) is 0 Å². The van der Waals surface area contributed by atoms with Crippen molar-refractivity contribution in [2.75, 3.05) is 24.5 Å². The molecule has 2 aliphatic rings. The number of nitrogens with zero attached hydrogens (tertiary/aromatic N) is 2. The molecule has 0 radical (unpaired) electrons. The van der Waals surface area contributed by atoms with Crippen LogP contribution in [0.4, 0.5) is 5.82 Å². The molecular weight excluding hydrogens is 222 g/mol. The van der Waals surface area contributed by atoms with Crippen LogP contribution in [-0.4, -0.2) is 30.7 Å². The molecule has 1 aromatic heterocycles. The summed E-state index contributed by atoms with van der Waals surface area (Å²) in [7, 11) is 0. The topological polar surface area (TPSA) is 28.2 Å². The third-order valence-electron chi connectivity index (χ3n) is 4.17. The summed E-state index contributed by atoms with van der Waals surface area (Å²) >= 11 is 0. The second-order valence-corrected chi connectivity index (χ2v) is 5.76. The van der Waals surface area contributed by atoms with E-state index in [9.17, 15) is 0 Å². The molecule has 2 fully saturated rings. The van der Waals surface area contributed by atoms with Gasteiger partial charge in [0.15, 0.2) is 0 Å². The first kappa shape index (κ1) is 12.0. The third-order valence-corrected chi connectivity index (χ3v) is 4.17. The highest BCUT2D eigenvalue weighted by molar-refractivity contribution is 5.46. The van der Waals surface area contributed by atoms with Crippen LogP contribution in [0.15, 0.2) is 18.3 Å². The lowest BCUT2D eigenvalue weighted by Crippen LogP contribution is -2.38. The Bertz CT molecular complexity index is 392. The number of rotatable bonds is 4. The number of hydrogen-bond acceptors (Lipinski definition) is 3. The molecule has 3 rings (SSSR count). The molecule has 2 heterocycles. The van der Waals surface area contributed by atoms with Gasteiger partial charge in [0.2, 0.25) is 0 Å². The van der Waals surface area contributed by atoms with E-state index >= 15 is 0 Å². The fraction of sp³-hybridized carbons (Fsp3) is 0.667. The second kappa shape index (κ2) is 5.27. The van der Waals surface area contributed by atoms with E-state index in [4.69, 9.17) is 0 Å². The lowest BCUT2D eigenvalue weighted by Gasteiger charge is -2.33. The third kappa shape index (κ3) is 2.83. The minimum Gasteiger partial charge on any atom is -0.356 e. The van der Waals surface area contributed by atoms with Crippen LogP contribution in [-0.2, 0) is 0 Å². The number of aromatic nitrogens is 1. The maximum atomic E-state index is 4.52. The Hall–Kier alpha value is -1.09. The SMILES string of the molecule is Cc1cccnc1N1CCC(CNC2CC2)CC1. The van der Waals surface area contributed by atoms with Crippen molar-refractivity contribution >= 4 is 5.82 Å². The highest BCUT2D eigenvalue weighted by Gasteiger charge is 2.24. The van der Waals surface area contributed by atoms with Gasteiger partial charge in [0.1, 0.15) is 5.82 Å². The molecular formula is C15H23N3. The smallest absolute Gasteiger partial charge is 0.131 e. The lowest BCUT2D eigenvalue weighted by atomic mass is 9.96. The van der Waals surface area contributed by atoms with Gasteiger partial charge in [-0.2, -0.15) is 0 Å². The summed E-state index contributed by atoms with van der Waals surface area (Å²) in [6.07, 6.45) is 7.30. The summed E-state index contributed by atoms with van der Waals surface area (Å²) < 4.78 is 0. The molecule has 98 valence electrons. The first-order chi connectivity index (χ1) is 8.83. The fourth-order valence-corrected chi connectivity index (χ4v) is 2.78. The maximum absolute atomic E-state index is 4.52. The molecule has 0 atom stereocenters. The Morgan fingerprint density at radius 1 is 1.28 bits per heavy atom. The van der Waals surface area contributed by atoms with E-state index in [1.165, 1.54) is 43.6 Å². The van der Waals surface area contributed by atoms with Crippen LogP contribution in [0.1, 0.15) is 31.2 Å². The molecule has 18 heavy (non-hydrogen) atoms. The summed E-state index contributed by atoms with van der Waals surface area (Å²) in [5.41, 5.74) is 1.30. The van der Waals surface area contributed by atoms with Crippen molar-refractivity contribution in [3.8, 4) is 0 Å². The fourth-order valence-electron chi connectivity index (χ4n) is 2.78. The Kier molecular flexibility index (Phi) is 3.50. The molecule has 1 saturated heterocycles. The van der Waals surface area contributed by atoms with Crippen LogP contribution >= 0.6 is 0 Å². The molecule has 1 N–H and O–H groups in total. The quantitative estimate of drug-likeness (QED) is 0.882. The number of pyridine rings is 1. The Morgan fingerprint density at radius 2 is 2.06 bits per heavy atom. The molecule has 3 heteroatoms. The van der Waals surface area contributed by atoms with E-state index in [0.29, 0.717) is 0 Å². The number of hydrogen-bond donors (Lipinski definition) is 1. The van der Waals surface area contributed by atoms with E-state index in [2.05, 4.69) is 28.2 Å². The first-order valence-electron chi connectivity index (χ1n) is 7.23. The molecule has 0 spiro atoms. The molecule has 1 aliphatic heterocycles. The van der Waals surface area contributed by atoms with Gasteiger partial charge in [-0.25, -0.2) is 4.98 Å². The number of aryl methyl sites for hydroxylation is 1. The highest BCUT2D eigenvalue weighted by atomic mass is 15.2. The second-order valence-electron chi connectivity index (χ2n) is 5.76. The molecule has 1 aliphatic carbocycles. The van der Waals surface area contributed by atoms with Crippen LogP contribution in [0.5, 0.6) is 0 Å². The monoisotopic (exact) mass is 245 g/mol. The normalized spacial score (nSPS) is 21.3. The van der Waals surface area contributed by atoms with Gasteiger partial charge in [0.25, 0.3) is 0 Å². The van der Waals surface area contributed by atoms with Crippen LogP contribution < -0.4 is 10.2 Å². The predicted molar refractivity (Wildman–Crippen MR) is 74.9 cm³/mol. The first-order valence-corrected chi connectivity index (χ1v) is 7.23. The number of anilines is 1. The van der Waals surface area contributed by atoms with Crippen molar-refractivity contribution in [2.45, 2.75) is 38.6 Å². The van der Waals surface area contributed by atoms with Crippen molar-refractivity contribution < 1.29 is 0 Å². The van der Waals surface area contributed by atoms with E-state index in [1.807, 2.05) is 12.3 Å². The summed E-state index contributed by atoms with van der Waals surface area (Å²) in [4.78, 5) is 6.97. The van der Waals surface area contributed by atoms with Crippen LogP contribution in [0.3, 0.4) is 0 Å². The lowest BCUT2D eigenvalue weighted by molar-refractivity contribution is 0.380. The number of piperidine rings is 1. The summed E-state index contributed by atoms with van der Waals surface area (Å²) in [5.74, 6) is 2.05. The Labute approximate surface area is 110 Å². The minimum atomic E-state index is 0.848. The van der Waals surface area contributed by atoms with Gasteiger partial charge >= 0.3 is 0 Å². The van der Waals surface area contributed by atoms with E-state index in [0.717, 1.165) is 25.0 Å². The maximum Gasteiger partial charge on any atom is 0.131 e. The largest absolute Gasteiger partial charge is 0.356 e. The summed E-state index contributed by atoms with van der Waals surface area (Å²) in [5, 5.41) is 3.66. The standard InChI is InChI=1S/C15H23N3/c1-12-3-2-8-16-15(12)18-9-6-13(7-10-18)11-17-14-4-5-14/h2-3,8,13-14,17H,4-7,9-11H2,1H3. The molecule has 1 aromatic rings. The van der Waals surface area contributed by atoms with Gasteiger partial charge in [-0.1, -0.05) is 6.07 Å². The molecule has 0 amide bonds. The van der Waals surface area contributed by atoms with Crippen molar-refractivity contribution in [1.29, 1.82) is 0 Å². The van der Waals surface area contributed by atoms with E-state index < -0.39 is 0 Å². The van der Waals surface area contributed by atoms with Gasteiger partial charge in [-0.15, -0.1) is 0 Å². The van der Waals surface area contributed by atoms with Crippen molar-refractivity contribution in [2.24, 2.45) is 5.92 Å². The van der Waals surface area contributed by atoms with Crippen LogP contribution in [0.25, 0.3) is 0 Å². The summed E-state index contributed by atoms with van der Waals surface area (Å²) in [6.45, 7) is 5.70. The van der Waals surface area contributed by atoms with Crippen molar-refractivity contribution in [3.05, 3.63) is 23.9 Å². The van der Waals surface area contributed by atoms with Gasteiger partial charge in [-0.05, 0) is 56.7 Å².